The third kappa shape index (κ3) is 6.92. The summed E-state index contributed by atoms with van der Waals surface area (Å²) in [4.78, 5) is 27.3. The molecule has 1 aromatic carbocycles. The minimum Gasteiger partial charge on any atom is -0.459 e. The molecule has 1 heterocycles. The number of benzene rings is 1. The van der Waals surface area contributed by atoms with Crippen molar-refractivity contribution >= 4 is 38.3 Å². The van der Waals surface area contributed by atoms with Gasteiger partial charge in [-0.2, -0.15) is 13.2 Å². The molecule has 0 aliphatic heterocycles. The van der Waals surface area contributed by atoms with Crippen LogP contribution in [-0.2, 0) is 25.5 Å². The first-order chi connectivity index (χ1) is 14.5. The van der Waals surface area contributed by atoms with Gasteiger partial charge in [-0.15, -0.1) is 0 Å². The molecule has 0 bridgehead atoms. The molecule has 2 aromatic rings. The van der Waals surface area contributed by atoms with E-state index in [0.29, 0.717) is 16.8 Å². The van der Waals surface area contributed by atoms with Crippen molar-refractivity contribution in [2.24, 2.45) is 0 Å². The number of nitrogens with one attached hydrogen (secondary N) is 2. The highest BCUT2D eigenvalue weighted by atomic mass is 32.2. The molecule has 32 heavy (non-hydrogen) atoms. The zero-order valence-corrected chi connectivity index (χ0v) is 19.5. The molecular weight excluding hydrogens is 471 g/mol. The number of halogens is 3. The third-order valence-electron chi connectivity index (χ3n) is 3.78. The molecule has 0 unspecified atom stereocenters. The lowest BCUT2D eigenvalue weighted by atomic mass is 10.1. The van der Waals surface area contributed by atoms with Crippen molar-refractivity contribution in [3.63, 3.8) is 0 Å². The first kappa shape index (κ1) is 25.6. The Balaban J connectivity index is 2.22. The maximum atomic E-state index is 13.4. The van der Waals surface area contributed by atoms with Gasteiger partial charge >= 0.3 is 18.2 Å². The topological polar surface area (TPSA) is 114 Å². The lowest BCUT2D eigenvalue weighted by Crippen LogP contribution is -2.36. The van der Waals surface area contributed by atoms with Crippen LogP contribution in [0.15, 0.2) is 23.1 Å². The van der Waals surface area contributed by atoms with Crippen LogP contribution in [0.2, 0.25) is 0 Å². The van der Waals surface area contributed by atoms with Crippen LogP contribution >= 0.6 is 11.3 Å². The van der Waals surface area contributed by atoms with Crippen LogP contribution in [0.1, 0.15) is 32.0 Å². The van der Waals surface area contributed by atoms with Gasteiger partial charge in [0.15, 0.2) is 15.0 Å². The Bertz CT molecular complexity index is 1140. The van der Waals surface area contributed by atoms with Crippen LogP contribution < -0.4 is 10.6 Å². The Labute approximate surface area is 187 Å². The first-order valence-corrected chi connectivity index (χ1v) is 11.8. The van der Waals surface area contributed by atoms with Crippen LogP contribution in [0.5, 0.6) is 0 Å². The maximum Gasteiger partial charge on any atom is 0.417 e. The molecule has 13 heteroatoms. The molecule has 2 rings (SSSR count). The molecule has 0 atom stereocenters. The summed E-state index contributed by atoms with van der Waals surface area (Å²) in [7, 11) is -4.10. The van der Waals surface area contributed by atoms with Gasteiger partial charge in [-0.3, -0.25) is 10.1 Å². The highest BCUT2D eigenvalue weighted by Crippen LogP contribution is 2.39. The van der Waals surface area contributed by atoms with Gasteiger partial charge in [0.05, 0.1) is 21.0 Å². The van der Waals surface area contributed by atoms with Gasteiger partial charge in [0, 0.05) is 6.26 Å². The number of thiazole rings is 1. The third-order valence-corrected chi connectivity index (χ3v) is 6.05. The van der Waals surface area contributed by atoms with Crippen LogP contribution in [0.3, 0.4) is 0 Å². The highest BCUT2D eigenvalue weighted by Gasteiger charge is 2.36. The molecule has 0 saturated carbocycles. The van der Waals surface area contributed by atoms with Crippen LogP contribution in [0.4, 0.5) is 23.1 Å². The van der Waals surface area contributed by atoms with Crippen molar-refractivity contribution < 1.29 is 35.9 Å². The van der Waals surface area contributed by atoms with Crippen molar-refractivity contribution in [1.29, 1.82) is 0 Å². The first-order valence-electron chi connectivity index (χ1n) is 9.13. The number of anilines is 1. The van der Waals surface area contributed by atoms with E-state index in [1.165, 1.54) is 13.0 Å². The Hall–Kier alpha value is -2.67. The zero-order valence-electron chi connectivity index (χ0n) is 17.9. The fourth-order valence-corrected chi connectivity index (χ4v) is 4.45. The van der Waals surface area contributed by atoms with Gasteiger partial charge in [0.1, 0.15) is 12.1 Å². The number of aromatic nitrogens is 1. The van der Waals surface area contributed by atoms with E-state index >= 15 is 0 Å². The second-order valence-corrected chi connectivity index (χ2v) is 10.8. The standard InChI is InChI=1S/C19H22F3N3O5S2/c1-10-15(11-6-7-13(32(5,28)29)12(8-11)19(20,21)22)31-17(24-10)25-16(27)23-9-14(26)30-18(2,3)4/h6-8H,9H2,1-5H3,(H2,23,24,25,27). The van der Waals surface area contributed by atoms with Crippen molar-refractivity contribution in [1.82, 2.24) is 10.3 Å². The lowest BCUT2D eigenvalue weighted by molar-refractivity contribution is -0.153. The molecule has 2 N–H and O–H groups in total. The summed E-state index contributed by atoms with van der Waals surface area (Å²) in [6.07, 6.45) is -4.18. The number of hydrogen-bond acceptors (Lipinski definition) is 7. The van der Waals surface area contributed by atoms with E-state index < -0.39 is 44.1 Å². The van der Waals surface area contributed by atoms with Gasteiger partial charge in [0.25, 0.3) is 0 Å². The number of carbonyl (C=O) groups is 2. The molecule has 0 aliphatic rings. The van der Waals surface area contributed by atoms with E-state index in [1.807, 2.05) is 0 Å². The van der Waals surface area contributed by atoms with Crippen molar-refractivity contribution in [3.05, 3.63) is 29.5 Å². The number of carbonyl (C=O) groups excluding carboxylic acids is 2. The number of urea groups is 1. The molecule has 2 amide bonds. The summed E-state index contributed by atoms with van der Waals surface area (Å²) in [5.41, 5.74) is -1.56. The minimum atomic E-state index is -4.88. The average molecular weight is 494 g/mol. The number of amides is 2. The van der Waals surface area contributed by atoms with Gasteiger partial charge in [0.2, 0.25) is 0 Å². The fraction of sp³-hybridized carbons (Fsp3) is 0.421. The Morgan fingerprint density at radius 3 is 2.34 bits per heavy atom. The molecule has 176 valence electrons. The van der Waals surface area contributed by atoms with E-state index in [2.05, 4.69) is 15.6 Å². The molecule has 0 saturated heterocycles. The number of aryl methyl sites for hydroxylation is 1. The lowest BCUT2D eigenvalue weighted by Gasteiger charge is -2.19. The molecule has 0 fully saturated rings. The molecule has 0 aliphatic carbocycles. The quantitative estimate of drug-likeness (QED) is 0.609. The number of esters is 1. The summed E-state index contributed by atoms with van der Waals surface area (Å²) in [6.45, 7) is 6.18. The summed E-state index contributed by atoms with van der Waals surface area (Å²) in [5.74, 6) is -0.644. The molecular formula is C19H22F3N3O5S2. The number of rotatable bonds is 5. The number of nitrogens with zero attached hydrogens (tertiary/aromatic N) is 1. The highest BCUT2D eigenvalue weighted by molar-refractivity contribution is 7.90. The summed E-state index contributed by atoms with van der Waals surface area (Å²) in [5, 5.41) is 4.79. The molecule has 8 nitrogen and oxygen atoms in total. The number of alkyl halides is 3. The van der Waals surface area contributed by atoms with Crippen LogP contribution in [0.25, 0.3) is 10.4 Å². The van der Waals surface area contributed by atoms with Gasteiger partial charge in [-0.1, -0.05) is 17.4 Å². The average Bonchev–Trinajstić information content (AvgIpc) is 2.96. The largest absolute Gasteiger partial charge is 0.459 e. The Kier molecular flexibility index (Phi) is 7.24. The van der Waals surface area contributed by atoms with E-state index in [9.17, 15) is 31.2 Å². The summed E-state index contributed by atoms with van der Waals surface area (Å²) < 4.78 is 68.8. The van der Waals surface area contributed by atoms with Crippen molar-refractivity contribution in [2.75, 3.05) is 18.1 Å². The van der Waals surface area contributed by atoms with Gasteiger partial charge < -0.3 is 10.1 Å². The smallest absolute Gasteiger partial charge is 0.417 e. The van der Waals surface area contributed by atoms with Crippen LogP contribution in [-0.4, -0.2) is 43.8 Å². The van der Waals surface area contributed by atoms with Crippen molar-refractivity contribution in [2.45, 2.75) is 44.4 Å². The minimum absolute atomic E-state index is 0.0833. The van der Waals surface area contributed by atoms with Gasteiger partial charge in [-0.25, -0.2) is 18.2 Å². The maximum absolute atomic E-state index is 13.4. The van der Waals surface area contributed by atoms with Gasteiger partial charge in [-0.05, 0) is 45.4 Å². The number of sulfone groups is 1. The predicted octanol–water partition coefficient (Wildman–Crippen LogP) is 4.00. The molecule has 0 spiro atoms. The SMILES string of the molecule is Cc1nc(NC(=O)NCC(=O)OC(C)(C)C)sc1-c1ccc(S(C)(=O)=O)c(C(F)(F)F)c1. The van der Waals surface area contributed by atoms with Crippen LogP contribution in [0, 0.1) is 6.92 Å². The Morgan fingerprint density at radius 2 is 1.81 bits per heavy atom. The predicted molar refractivity (Wildman–Crippen MR) is 113 cm³/mol. The van der Waals surface area contributed by atoms with E-state index in [0.717, 1.165) is 23.5 Å². The Morgan fingerprint density at radius 1 is 1.19 bits per heavy atom. The van der Waals surface area contributed by atoms with Crippen molar-refractivity contribution in [3.8, 4) is 10.4 Å². The number of hydrogen-bond donors (Lipinski definition) is 2. The molecule has 1 aromatic heterocycles. The normalized spacial score (nSPS) is 12.4. The second-order valence-electron chi connectivity index (χ2n) is 7.81. The summed E-state index contributed by atoms with van der Waals surface area (Å²) >= 11 is 0.902. The fourth-order valence-electron chi connectivity index (χ4n) is 2.61. The molecule has 0 radical (unpaired) electrons. The monoisotopic (exact) mass is 493 g/mol. The summed E-state index contributed by atoms with van der Waals surface area (Å²) in [6, 6.07) is 2.13. The van der Waals surface area contributed by atoms with E-state index in [-0.39, 0.29) is 17.2 Å². The van der Waals surface area contributed by atoms with E-state index in [4.69, 9.17) is 4.74 Å². The zero-order chi connectivity index (χ0) is 24.5. The second kappa shape index (κ2) is 9.06. The van der Waals surface area contributed by atoms with E-state index in [1.54, 1.807) is 20.8 Å². The number of ether oxygens (including phenoxy) is 1.